The zero-order chi connectivity index (χ0) is 22.9. The van der Waals surface area contributed by atoms with Crippen molar-refractivity contribution in [1.82, 2.24) is 4.73 Å². The Morgan fingerprint density at radius 1 is 1.31 bits per heavy atom. The Morgan fingerprint density at radius 3 is 2.81 bits per heavy atom. The van der Waals surface area contributed by atoms with E-state index in [1.54, 1.807) is 0 Å². The first-order valence-electron chi connectivity index (χ1n) is 11.3. The number of aliphatic hydroxyl groups is 2. The van der Waals surface area contributed by atoms with Crippen molar-refractivity contribution < 1.29 is 30.1 Å². The summed E-state index contributed by atoms with van der Waals surface area (Å²) >= 11 is 0. The summed E-state index contributed by atoms with van der Waals surface area (Å²) in [6, 6.07) is 0. The van der Waals surface area contributed by atoms with Gasteiger partial charge in [0.2, 0.25) is 0 Å². The molecular weight excluding hydrogens is 414 g/mol. The van der Waals surface area contributed by atoms with E-state index in [0.29, 0.717) is 6.42 Å². The standard InChI is InChI=1S/C24H29NO7/c1-11-3-6-14-13(9-11)5-4-12(2)17(14)20(28)18-19(27)15(10-25(31)23(18)29)24(30)8-7-16(26)21-22(24)32-21/h3-5,10,12-14,16-17,21-22,26-27,30-31H,6-9H2,1-2H3/t12-,13-,14-,16-,17-,21-,22-,24+/m0/s1. The van der Waals surface area contributed by atoms with E-state index in [9.17, 15) is 30.1 Å². The maximum atomic E-state index is 13.7. The third-order valence-corrected chi connectivity index (χ3v) is 7.91. The van der Waals surface area contributed by atoms with Gasteiger partial charge in [0.15, 0.2) is 5.78 Å². The molecule has 2 fully saturated rings. The zero-order valence-corrected chi connectivity index (χ0v) is 18.1. The Balaban J connectivity index is 1.58. The number of carbonyl (C=O) groups is 1. The molecule has 1 aliphatic heterocycles. The molecule has 3 aliphatic carbocycles. The molecule has 0 aromatic carbocycles. The lowest BCUT2D eigenvalue weighted by Gasteiger charge is -2.40. The highest BCUT2D eigenvalue weighted by Gasteiger charge is 2.62. The molecule has 8 atom stereocenters. The third-order valence-electron chi connectivity index (χ3n) is 7.91. The number of carbonyl (C=O) groups excluding carboxylic acids is 1. The van der Waals surface area contributed by atoms with E-state index in [1.807, 2.05) is 13.0 Å². The van der Waals surface area contributed by atoms with E-state index >= 15 is 0 Å². The summed E-state index contributed by atoms with van der Waals surface area (Å²) < 4.78 is 5.68. The van der Waals surface area contributed by atoms with Crippen LogP contribution in [0.1, 0.15) is 55.5 Å². The van der Waals surface area contributed by atoms with Gasteiger partial charge >= 0.3 is 0 Å². The second kappa shape index (κ2) is 7.30. The number of aromatic nitrogens is 1. The second-order valence-corrected chi connectivity index (χ2v) is 9.92. The maximum Gasteiger partial charge on any atom is 0.297 e. The Kier molecular flexibility index (Phi) is 4.89. The number of aromatic hydroxyl groups is 1. The predicted octanol–water partition coefficient (Wildman–Crippen LogP) is 1.88. The van der Waals surface area contributed by atoms with E-state index in [1.165, 1.54) is 5.57 Å². The molecule has 8 nitrogen and oxygen atoms in total. The summed E-state index contributed by atoms with van der Waals surface area (Å²) in [7, 11) is 0. The highest BCUT2D eigenvalue weighted by molar-refractivity contribution is 6.01. The second-order valence-electron chi connectivity index (χ2n) is 9.92. The SMILES string of the molecule is CC1=CC[C@@H]2[C@@H](C(=O)c3c(O)c([C@]4(O)CC[C@H](O)[C@@H]5O[C@@H]54)cn(O)c3=O)[C@@H](C)C=C[C@H]2C1. The van der Waals surface area contributed by atoms with Crippen molar-refractivity contribution in [3.8, 4) is 5.75 Å². The molecular formula is C24H29NO7. The number of nitrogens with zero attached hydrogens (tertiary/aromatic N) is 1. The zero-order valence-electron chi connectivity index (χ0n) is 18.1. The highest BCUT2D eigenvalue weighted by Crippen LogP contribution is 2.51. The summed E-state index contributed by atoms with van der Waals surface area (Å²) in [6.45, 7) is 3.98. The molecule has 0 unspecified atom stereocenters. The third kappa shape index (κ3) is 3.08. The first-order chi connectivity index (χ1) is 15.1. The van der Waals surface area contributed by atoms with E-state index in [4.69, 9.17) is 4.74 Å². The van der Waals surface area contributed by atoms with Gasteiger partial charge in [0.25, 0.3) is 5.56 Å². The summed E-state index contributed by atoms with van der Waals surface area (Å²) in [5.74, 6) is -1.64. The maximum absolute atomic E-state index is 13.7. The van der Waals surface area contributed by atoms with Crippen molar-refractivity contribution in [2.45, 2.75) is 63.4 Å². The average molecular weight is 443 g/mol. The van der Waals surface area contributed by atoms with Gasteiger partial charge in [-0.15, -0.1) is 0 Å². The van der Waals surface area contributed by atoms with E-state index < -0.39 is 52.5 Å². The fourth-order valence-corrected chi connectivity index (χ4v) is 6.06. The molecule has 0 radical (unpaired) electrons. The molecule has 1 saturated heterocycles. The summed E-state index contributed by atoms with van der Waals surface area (Å²) in [6.07, 6.45) is 6.95. The lowest BCUT2D eigenvalue weighted by molar-refractivity contribution is -0.0246. The van der Waals surface area contributed by atoms with Gasteiger partial charge in [-0.3, -0.25) is 9.59 Å². The molecule has 0 bridgehead atoms. The van der Waals surface area contributed by atoms with Crippen LogP contribution in [0.3, 0.4) is 0 Å². The van der Waals surface area contributed by atoms with Gasteiger partial charge < -0.3 is 25.3 Å². The molecule has 8 heteroatoms. The monoisotopic (exact) mass is 443 g/mol. The first-order valence-corrected chi connectivity index (χ1v) is 11.3. The molecule has 0 amide bonds. The van der Waals surface area contributed by atoms with Gasteiger partial charge in [-0.2, -0.15) is 4.73 Å². The van der Waals surface area contributed by atoms with Crippen LogP contribution in [0.15, 0.2) is 34.8 Å². The van der Waals surface area contributed by atoms with Gasteiger partial charge in [-0.05, 0) is 50.4 Å². The average Bonchev–Trinajstić information content (AvgIpc) is 3.56. The van der Waals surface area contributed by atoms with Crippen LogP contribution in [0.4, 0.5) is 0 Å². The van der Waals surface area contributed by atoms with Crippen molar-refractivity contribution in [3.05, 3.63) is 51.5 Å². The summed E-state index contributed by atoms with van der Waals surface area (Å²) in [5, 5.41) is 42.7. The number of fused-ring (bicyclic) bond motifs is 2. The first kappa shape index (κ1) is 21.4. The molecule has 32 heavy (non-hydrogen) atoms. The van der Waals surface area contributed by atoms with Gasteiger partial charge in [0, 0.05) is 11.5 Å². The van der Waals surface area contributed by atoms with Crippen molar-refractivity contribution in [2.75, 3.05) is 0 Å². The van der Waals surface area contributed by atoms with Gasteiger partial charge in [-0.25, -0.2) is 0 Å². The molecule has 1 saturated carbocycles. The fourth-order valence-electron chi connectivity index (χ4n) is 6.06. The number of Topliss-reactive ketones (excluding diaryl/α,β-unsaturated/α-hetero) is 1. The topological polar surface area (TPSA) is 133 Å². The predicted molar refractivity (Wildman–Crippen MR) is 113 cm³/mol. The van der Waals surface area contributed by atoms with Crippen molar-refractivity contribution in [2.24, 2.45) is 23.7 Å². The molecule has 1 aromatic heterocycles. The minimum absolute atomic E-state index is 0.00939. The molecule has 0 spiro atoms. The van der Waals surface area contributed by atoms with Crippen molar-refractivity contribution in [1.29, 1.82) is 0 Å². The summed E-state index contributed by atoms with van der Waals surface area (Å²) in [4.78, 5) is 26.6. The van der Waals surface area contributed by atoms with E-state index in [2.05, 4.69) is 19.1 Å². The van der Waals surface area contributed by atoms with Crippen LogP contribution >= 0.6 is 0 Å². The van der Waals surface area contributed by atoms with Crippen molar-refractivity contribution >= 4 is 5.78 Å². The number of hydrogen-bond acceptors (Lipinski definition) is 7. The number of hydrogen-bond donors (Lipinski definition) is 4. The number of ketones is 1. The van der Waals surface area contributed by atoms with Crippen molar-refractivity contribution in [3.63, 3.8) is 0 Å². The Labute approximate surface area is 185 Å². The van der Waals surface area contributed by atoms with Crippen LogP contribution in [0.25, 0.3) is 0 Å². The van der Waals surface area contributed by atoms with Gasteiger partial charge in [-0.1, -0.05) is 30.7 Å². The Hall–Kier alpha value is -2.42. The lowest BCUT2D eigenvalue weighted by atomic mass is 9.63. The van der Waals surface area contributed by atoms with E-state index in [0.717, 1.165) is 12.6 Å². The summed E-state index contributed by atoms with van der Waals surface area (Å²) in [5.41, 5.74) is -2.09. The Morgan fingerprint density at radius 2 is 2.06 bits per heavy atom. The Bertz CT molecular complexity index is 1090. The highest BCUT2D eigenvalue weighted by atomic mass is 16.6. The van der Waals surface area contributed by atoms with Gasteiger partial charge in [0.05, 0.1) is 12.3 Å². The van der Waals surface area contributed by atoms with E-state index in [-0.39, 0.29) is 40.9 Å². The number of epoxide rings is 1. The van der Waals surface area contributed by atoms with Crippen LogP contribution in [0.5, 0.6) is 5.75 Å². The quantitative estimate of drug-likeness (QED) is 0.243. The van der Waals surface area contributed by atoms with Crippen LogP contribution in [0.2, 0.25) is 0 Å². The molecule has 1 aromatic rings. The fraction of sp³-hybridized carbons (Fsp3) is 0.583. The van der Waals surface area contributed by atoms with Crippen LogP contribution < -0.4 is 5.56 Å². The van der Waals surface area contributed by atoms with Crippen LogP contribution in [0, 0.1) is 23.7 Å². The number of pyridine rings is 1. The van der Waals surface area contributed by atoms with Gasteiger partial charge in [0.1, 0.15) is 29.1 Å². The number of rotatable bonds is 3. The smallest absolute Gasteiger partial charge is 0.297 e. The molecule has 5 rings (SSSR count). The normalized spacial score (nSPS) is 40.2. The number of ether oxygens (including phenoxy) is 1. The number of allylic oxidation sites excluding steroid dienone is 4. The molecule has 4 N–H and O–H groups in total. The largest absolute Gasteiger partial charge is 0.507 e. The lowest BCUT2D eigenvalue weighted by Crippen LogP contribution is -2.43. The molecule has 2 heterocycles. The molecule has 172 valence electrons. The van der Waals surface area contributed by atoms with Crippen LogP contribution in [-0.2, 0) is 10.3 Å². The minimum Gasteiger partial charge on any atom is -0.507 e. The van der Waals surface area contributed by atoms with Crippen LogP contribution in [-0.4, -0.2) is 49.4 Å². The number of aliphatic hydroxyl groups excluding tert-OH is 1. The minimum atomic E-state index is -1.72. The molecule has 4 aliphatic rings.